The van der Waals surface area contributed by atoms with E-state index in [9.17, 15) is 12.9 Å². The molecule has 1 heterocycles. The lowest BCUT2D eigenvalue weighted by Gasteiger charge is -2.16. The highest BCUT2D eigenvalue weighted by molar-refractivity contribution is 6.76. The Morgan fingerprint density at radius 3 is 2.53 bits per heavy atom. The second kappa shape index (κ2) is 3.22. The fourth-order valence-corrected chi connectivity index (χ4v) is 1.50. The van der Waals surface area contributed by atoms with Gasteiger partial charge in [-0.1, -0.05) is 11.5 Å². The fraction of sp³-hybridized carbons (Fsp3) is 0.111. The maximum Gasteiger partial charge on any atom is 0.510 e. The molecule has 6 heteroatoms. The van der Waals surface area contributed by atoms with Crippen molar-refractivity contribution in [2.45, 2.75) is 0 Å². The Balaban J connectivity index is 2.74. The molecule has 1 aromatic carbocycles. The Morgan fingerprint density at radius 2 is 1.93 bits per heavy atom. The van der Waals surface area contributed by atoms with Crippen molar-refractivity contribution < 1.29 is 22.1 Å². The highest BCUT2D eigenvalue weighted by Crippen LogP contribution is 2.27. The van der Waals surface area contributed by atoms with Crippen LogP contribution in [0.2, 0.25) is 0 Å². The molecule has 2 nitrogen and oxygen atoms in total. The minimum atomic E-state index is -5.03. The molecule has 0 spiro atoms. The van der Waals surface area contributed by atoms with Crippen molar-refractivity contribution in [2.75, 3.05) is 7.11 Å². The zero-order valence-electron chi connectivity index (χ0n) is 7.84. The van der Waals surface area contributed by atoms with Gasteiger partial charge >= 0.3 is 6.98 Å². The Bertz CT molecular complexity index is 490. The standard InChI is InChI=1S/C9H7BF3O2/c1-14-8-3-2-7(10(11,12)13)6-4-5-15-9(6)8/h2-5H,1H3/q-1. The molecule has 0 atom stereocenters. The van der Waals surface area contributed by atoms with Gasteiger partial charge in [-0.15, -0.1) is 0 Å². The quantitative estimate of drug-likeness (QED) is 0.718. The predicted molar refractivity (Wildman–Crippen MR) is 51.5 cm³/mol. The normalized spacial score (nSPS) is 12.0. The summed E-state index contributed by atoms with van der Waals surface area (Å²) in [5, 5.41) is 0.0434. The second-order valence-corrected chi connectivity index (χ2v) is 3.10. The summed E-state index contributed by atoms with van der Waals surface area (Å²) in [5.74, 6) is 0.304. The van der Waals surface area contributed by atoms with Gasteiger partial charge in [-0.25, -0.2) is 0 Å². The summed E-state index contributed by atoms with van der Waals surface area (Å²) in [6.45, 7) is -5.03. The number of fused-ring (bicyclic) bond motifs is 1. The van der Waals surface area contributed by atoms with E-state index in [1.54, 1.807) is 0 Å². The van der Waals surface area contributed by atoms with E-state index in [0.717, 1.165) is 6.07 Å². The van der Waals surface area contributed by atoms with Crippen molar-refractivity contribution in [3.63, 3.8) is 0 Å². The second-order valence-electron chi connectivity index (χ2n) is 3.10. The van der Waals surface area contributed by atoms with Gasteiger partial charge in [-0.05, 0) is 17.5 Å². The molecule has 0 fully saturated rings. The molecule has 0 bridgehead atoms. The molecular weight excluding hydrogens is 208 g/mol. The van der Waals surface area contributed by atoms with E-state index in [4.69, 9.17) is 9.15 Å². The van der Waals surface area contributed by atoms with E-state index in [1.165, 1.54) is 25.5 Å². The highest BCUT2D eigenvalue weighted by Gasteiger charge is 2.28. The largest absolute Gasteiger partial charge is 0.510 e. The molecule has 0 amide bonds. The minimum Gasteiger partial charge on any atom is -0.493 e. The summed E-state index contributed by atoms with van der Waals surface area (Å²) < 4.78 is 47.7. The van der Waals surface area contributed by atoms with Crippen LogP contribution in [-0.4, -0.2) is 14.1 Å². The van der Waals surface area contributed by atoms with Crippen molar-refractivity contribution >= 4 is 23.4 Å². The van der Waals surface area contributed by atoms with E-state index in [2.05, 4.69) is 0 Å². The first kappa shape index (κ1) is 9.95. The average molecular weight is 215 g/mol. The third kappa shape index (κ3) is 1.56. The molecule has 0 saturated heterocycles. The average Bonchev–Trinajstić information content (AvgIpc) is 2.62. The maximum atomic E-state index is 12.6. The predicted octanol–water partition coefficient (Wildman–Crippen LogP) is 2.50. The van der Waals surface area contributed by atoms with Crippen LogP contribution in [0.15, 0.2) is 28.9 Å². The summed E-state index contributed by atoms with van der Waals surface area (Å²) >= 11 is 0. The first-order valence-electron chi connectivity index (χ1n) is 4.28. The van der Waals surface area contributed by atoms with E-state index < -0.39 is 12.4 Å². The van der Waals surface area contributed by atoms with Crippen molar-refractivity contribution in [3.05, 3.63) is 24.5 Å². The van der Waals surface area contributed by atoms with Gasteiger partial charge in [-0.2, -0.15) is 0 Å². The molecule has 0 radical (unpaired) electrons. The number of halogens is 3. The van der Waals surface area contributed by atoms with Crippen LogP contribution in [-0.2, 0) is 0 Å². The summed E-state index contributed by atoms with van der Waals surface area (Å²) in [5.41, 5.74) is -0.520. The Hall–Kier alpha value is -1.59. The molecule has 2 aromatic rings. The van der Waals surface area contributed by atoms with Crippen LogP contribution in [0, 0.1) is 0 Å². The molecule has 15 heavy (non-hydrogen) atoms. The summed E-state index contributed by atoms with van der Waals surface area (Å²) in [4.78, 5) is 0. The van der Waals surface area contributed by atoms with Crippen LogP contribution < -0.4 is 10.2 Å². The molecule has 1 aromatic heterocycles. The summed E-state index contributed by atoms with van der Waals surface area (Å²) in [6.07, 6.45) is 1.22. The number of methoxy groups -OCH3 is 1. The fourth-order valence-electron chi connectivity index (χ4n) is 1.50. The van der Waals surface area contributed by atoms with Gasteiger partial charge in [0.1, 0.15) is 0 Å². The Kier molecular flexibility index (Phi) is 2.14. The van der Waals surface area contributed by atoms with E-state index in [1.807, 2.05) is 0 Å². The molecular formula is C9H7BF3O2-. The molecule has 0 N–H and O–H groups in total. The lowest BCUT2D eigenvalue weighted by atomic mass is 9.78. The Labute approximate surface area is 83.7 Å². The minimum absolute atomic E-state index is 0.0434. The third-order valence-corrected chi connectivity index (χ3v) is 2.19. The molecule has 0 unspecified atom stereocenters. The molecule has 0 saturated carbocycles. The zero-order valence-corrected chi connectivity index (χ0v) is 7.84. The van der Waals surface area contributed by atoms with Crippen LogP contribution in [0.4, 0.5) is 12.9 Å². The van der Waals surface area contributed by atoms with E-state index >= 15 is 0 Å². The van der Waals surface area contributed by atoms with Crippen molar-refractivity contribution in [1.29, 1.82) is 0 Å². The van der Waals surface area contributed by atoms with Crippen LogP contribution >= 0.6 is 0 Å². The number of benzene rings is 1. The van der Waals surface area contributed by atoms with Gasteiger partial charge in [0.15, 0.2) is 11.3 Å². The van der Waals surface area contributed by atoms with Crippen LogP contribution in [0.25, 0.3) is 11.0 Å². The lowest BCUT2D eigenvalue weighted by Crippen LogP contribution is -2.34. The maximum absolute atomic E-state index is 12.6. The molecule has 0 aliphatic rings. The number of rotatable bonds is 2. The summed E-state index contributed by atoms with van der Waals surface area (Å²) in [6, 6.07) is 3.56. The topological polar surface area (TPSA) is 22.4 Å². The van der Waals surface area contributed by atoms with Crippen LogP contribution in [0.3, 0.4) is 0 Å². The van der Waals surface area contributed by atoms with Gasteiger partial charge in [0.25, 0.3) is 0 Å². The van der Waals surface area contributed by atoms with Crippen LogP contribution in [0.5, 0.6) is 5.75 Å². The number of furan rings is 1. The number of hydrogen-bond donors (Lipinski definition) is 0. The summed E-state index contributed by atoms with van der Waals surface area (Å²) in [7, 11) is 1.38. The number of hydrogen-bond acceptors (Lipinski definition) is 2. The first-order valence-corrected chi connectivity index (χ1v) is 4.28. The zero-order chi connectivity index (χ0) is 11.1. The van der Waals surface area contributed by atoms with Gasteiger partial charge in [0.2, 0.25) is 0 Å². The van der Waals surface area contributed by atoms with Crippen molar-refractivity contribution in [1.82, 2.24) is 0 Å². The van der Waals surface area contributed by atoms with Crippen molar-refractivity contribution in [2.24, 2.45) is 0 Å². The number of ether oxygens (including phenoxy) is 1. The van der Waals surface area contributed by atoms with Gasteiger partial charge in [-0.3, -0.25) is 0 Å². The smallest absolute Gasteiger partial charge is 0.493 e. The lowest BCUT2D eigenvalue weighted by molar-refractivity contribution is 0.410. The highest BCUT2D eigenvalue weighted by atomic mass is 19.4. The van der Waals surface area contributed by atoms with Crippen molar-refractivity contribution in [3.8, 4) is 5.75 Å². The first-order chi connectivity index (χ1) is 7.04. The molecule has 0 aliphatic heterocycles. The molecule has 2 rings (SSSR count). The van der Waals surface area contributed by atoms with E-state index in [-0.39, 0.29) is 11.0 Å². The third-order valence-electron chi connectivity index (χ3n) is 2.19. The van der Waals surface area contributed by atoms with Gasteiger partial charge in [0.05, 0.1) is 13.4 Å². The molecule has 80 valence electrons. The monoisotopic (exact) mass is 215 g/mol. The molecule has 0 aliphatic carbocycles. The van der Waals surface area contributed by atoms with E-state index in [0.29, 0.717) is 5.75 Å². The van der Waals surface area contributed by atoms with Gasteiger partial charge in [0, 0.05) is 0 Å². The Morgan fingerprint density at radius 1 is 1.20 bits per heavy atom. The van der Waals surface area contributed by atoms with Crippen LogP contribution in [0.1, 0.15) is 0 Å². The van der Waals surface area contributed by atoms with Gasteiger partial charge < -0.3 is 22.1 Å². The SMILES string of the molecule is COc1ccc([B-](F)(F)F)c2ccoc12.